The van der Waals surface area contributed by atoms with Gasteiger partial charge in [0.1, 0.15) is 0 Å². The normalized spacial score (nSPS) is 10.8. The van der Waals surface area contributed by atoms with E-state index in [1.807, 2.05) is 6.07 Å². The molecule has 0 amide bonds. The quantitative estimate of drug-likeness (QED) is 0.551. The molecule has 0 unspecified atom stereocenters. The Morgan fingerprint density at radius 1 is 0.609 bits per heavy atom. The van der Waals surface area contributed by atoms with Crippen LogP contribution in [0.25, 0.3) is 11.1 Å². The molecule has 0 saturated carbocycles. The van der Waals surface area contributed by atoms with Crippen LogP contribution < -0.4 is 4.90 Å². The van der Waals surface area contributed by atoms with Gasteiger partial charge in [-0.1, -0.05) is 68.4 Å². The van der Waals surface area contributed by atoms with E-state index in [0.29, 0.717) is 5.92 Å². The highest BCUT2D eigenvalue weighted by molar-refractivity contribution is 5.69. The molecule has 0 heterocycles. The minimum absolute atomic E-state index is 0.569. The number of hydrogen-bond acceptors (Lipinski definition) is 1. The molecule has 0 atom stereocenters. The van der Waals surface area contributed by atoms with E-state index in [0.717, 1.165) is 0 Å². The molecule has 0 aromatic heterocycles. The molecule has 0 aliphatic rings. The Morgan fingerprint density at radius 2 is 1.09 bits per heavy atom. The van der Waals surface area contributed by atoms with E-state index < -0.39 is 0 Å². The first-order valence-corrected chi connectivity index (χ1v) is 8.14. The SMILES string of the molecule is CC(C)c1ccc(N(C)c2ccc(-c3ccccc3)cc2)cc1. The number of hydrogen-bond donors (Lipinski definition) is 0. The second-order valence-corrected chi connectivity index (χ2v) is 6.22. The van der Waals surface area contributed by atoms with Crippen LogP contribution in [-0.2, 0) is 0 Å². The summed E-state index contributed by atoms with van der Waals surface area (Å²) in [5, 5.41) is 0. The minimum Gasteiger partial charge on any atom is -0.345 e. The summed E-state index contributed by atoms with van der Waals surface area (Å²) in [6.07, 6.45) is 0. The summed E-state index contributed by atoms with van der Waals surface area (Å²) in [4.78, 5) is 2.22. The van der Waals surface area contributed by atoms with Crippen molar-refractivity contribution < 1.29 is 0 Å². The summed E-state index contributed by atoms with van der Waals surface area (Å²) in [6, 6.07) is 28.0. The topological polar surface area (TPSA) is 3.24 Å². The minimum atomic E-state index is 0.569. The average molecular weight is 301 g/mol. The van der Waals surface area contributed by atoms with Gasteiger partial charge in [0.05, 0.1) is 0 Å². The van der Waals surface area contributed by atoms with Crippen molar-refractivity contribution in [3.05, 3.63) is 84.4 Å². The fourth-order valence-electron chi connectivity index (χ4n) is 2.74. The first kappa shape index (κ1) is 15.4. The maximum absolute atomic E-state index is 2.22. The summed E-state index contributed by atoms with van der Waals surface area (Å²) in [6.45, 7) is 4.45. The first-order valence-electron chi connectivity index (χ1n) is 8.14. The van der Waals surface area contributed by atoms with Crippen LogP contribution in [0.5, 0.6) is 0 Å². The van der Waals surface area contributed by atoms with Crippen molar-refractivity contribution in [2.45, 2.75) is 19.8 Å². The Bertz CT molecular complexity index is 740. The summed E-state index contributed by atoms with van der Waals surface area (Å²) in [7, 11) is 2.11. The molecule has 0 radical (unpaired) electrons. The molecule has 0 saturated heterocycles. The monoisotopic (exact) mass is 301 g/mol. The standard InChI is InChI=1S/C22H23N/c1-17(2)18-9-13-21(14-10-18)23(3)22-15-11-20(12-16-22)19-7-5-4-6-8-19/h4-17H,1-3H3. The molecule has 3 aromatic rings. The Morgan fingerprint density at radius 3 is 1.61 bits per heavy atom. The summed E-state index contributed by atoms with van der Waals surface area (Å²) >= 11 is 0. The van der Waals surface area contributed by atoms with Crippen molar-refractivity contribution in [3.8, 4) is 11.1 Å². The van der Waals surface area contributed by atoms with Crippen LogP contribution in [-0.4, -0.2) is 7.05 Å². The molecule has 3 rings (SSSR count). The van der Waals surface area contributed by atoms with E-state index in [9.17, 15) is 0 Å². The Kier molecular flexibility index (Phi) is 4.47. The number of benzene rings is 3. The maximum atomic E-state index is 2.22. The maximum Gasteiger partial charge on any atom is 0.0408 e. The van der Waals surface area contributed by atoms with Gasteiger partial charge in [-0.2, -0.15) is 0 Å². The number of nitrogens with zero attached hydrogens (tertiary/aromatic N) is 1. The van der Waals surface area contributed by atoms with Gasteiger partial charge in [-0.15, -0.1) is 0 Å². The Balaban J connectivity index is 1.81. The Hall–Kier alpha value is -2.54. The second-order valence-electron chi connectivity index (χ2n) is 6.22. The lowest BCUT2D eigenvalue weighted by Crippen LogP contribution is -2.09. The Labute approximate surface area is 139 Å². The van der Waals surface area contributed by atoms with Crippen molar-refractivity contribution >= 4 is 11.4 Å². The van der Waals surface area contributed by atoms with Crippen LogP contribution in [0.3, 0.4) is 0 Å². The van der Waals surface area contributed by atoms with Crippen molar-refractivity contribution in [2.75, 3.05) is 11.9 Å². The summed E-state index contributed by atoms with van der Waals surface area (Å²) < 4.78 is 0. The zero-order chi connectivity index (χ0) is 16.2. The van der Waals surface area contributed by atoms with Gasteiger partial charge in [0.2, 0.25) is 0 Å². The second kappa shape index (κ2) is 6.70. The molecule has 0 N–H and O–H groups in total. The van der Waals surface area contributed by atoms with Crippen molar-refractivity contribution in [1.29, 1.82) is 0 Å². The third-order valence-electron chi connectivity index (χ3n) is 4.31. The molecule has 1 heteroatoms. The van der Waals surface area contributed by atoms with Gasteiger partial charge >= 0.3 is 0 Å². The van der Waals surface area contributed by atoms with Crippen LogP contribution in [0.4, 0.5) is 11.4 Å². The van der Waals surface area contributed by atoms with Crippen LogP contribution in [0.15, 0.2) is 78.9 Å². The molecular formula is C22H23N. The van der Waals surface area contributed by atoms with E-state index in [1.165, 1.54) is 28.1 Å². The smallest absolute Gasteiger partial charge is 0.0408 e. The average Bonchev–Trinajstić information content (AvgIpc) is 2.62. The molecule has 0 aliphatic carbocycles. The zero-order valence-corrected chi connectivity index (χ0v) is 14.0. The lowest BCUT2D eigenvalue weighted by molar-refractivity contribution is 0.866. The highest BCUT2D eigenvalue weighted by Gasteiger charge is 2.06. The predicted molar refractivity (Wildman–Crippen MR) is 100 cm³/mol. The summed E-state index contributed by atoms with van der Waals surface area (Å²) in [5.41, 5.74) is 6.28. The largest absolute Gasteiger partial charge is 0.345 e. The fourth-order valence-corrected chi connectivity index (χ4v) is 2.74. The predicted octanol–water partition coefficient (Wildman–Crippen LogP) is 6.24. The van der Waals surface area contributed by atoms with Gasteiger partial charge in [-0.25, -0.2) is 0 Å². The van der Waals surface area contributed by atoms with Gasteiger partial charge in [0.25, 0.3) is 0 Å². The molecule has 3 aromatic carbocycles. The molecule has 23 heavy (non-hydrogen) atoms. The van der Waals surface area contributed by atoms with E-state index in [1.54, 1.807) is 0 Å². The van der Waals surface area contributed by atoms with Gasteiger partial charge in [-0.3, -0.25) is 0 Å². The molecular weight excluding hydrogens is 278 g/mol. The molecule has 1 nitrogen and oxygen atoms in total. The van der Waals surface area contributed by atoms with Crippen LogP contribution in [0, 0.1) is 0 Å². The highest BCUT2D eigenvalue weighted by atomic mass is 15.1. The van der Waals surface area contributed by atoms with Crippen LogP contribution in [0.2, 0.25) is 0 Å². The lowest BCUT2D eigenvalue weighted by Gasteiger charge is -2.20. The first-order chi connectivity index (χ1) is 11.1. The highest BCUT2D eigenvalue weighted by Crippen LogP contribution is 2.28. The molecule has 0 aliphatic heterocycles. The molecule has 0 spiro atoms. The molecule has 0 fully saturated rings. The van der Waals surface area contributed by atoms with Gasteiger partial charge in [0, 0.05) is 18.4 Å². The zero-order valence-electron chi connectivity index (χ0n) is 14.0. The van der Waals surface area contributed by atoms with E-state index >= 15 is 0 Å². The van der Waals surface area contributed by atoms with Gasteiger partial charge in [0.15, 0.2) is 0 Å². The third kappa shape index (κ3) is 3.45. The van der Waals surface area contributed by atoms with Crippen LogP contribution in [0.1, 0.15) is 25.3 Å². The van der Waals surface area contributed by atoms with Crippen molar-refractivity contribution in [1.82, 2.24) is 0 Å². The van der Waals surface area contributed by atoms with E-state index in [2.05, 4.69) is 98.6 Å². The number of anilines is 2. The molecule has 0 bridgehead atoms. The van der Waals surface area contributed by atoms with Crippen LogP contribution >= 0.6 is 0 Å². The van der Waals surface area contributed by atoms with Crippen molar-refractivity contribution in [2.24, 2.45) is 0 Å². The third-order valence-corrected chi connectivity index (χ3v) is 4.31. The molecule has 116 valence electrons. The van der Waals surface area contributed by atoms with Gasteiger partial charge < -0.3 is 4.90 Å². The van der Waals surface area contributed by atoms with Gasteiger partial charge in [-0.05, 0) is 46.9 Å². The summed E-state index contributed by atoms with van der Waals surface area (Å²) in [5.74, 6) is 0.569. The fraction of sp³-hybridized carbons (Fsp3) is 0.182. The van der Waals surface area contributed by atoms with E-state index in [4.69, 9.17) is 0 Å². The number of rotatable bonds is 4. The lowest BCUT2D eigenvalue weighted by atomic mass is 10.0. The van der Waals surface area contributed by atoms with E-state index in [-0.39, 0.29) is 0 Å². The van der Waals surface area contributed by atoms with Crippen molar-refractivity contribution in [3.63, 3.8) is 0 Å².